The molecule has 0 aliphatic heterocycles. The van der Waals surface area contributed by atoms with Crippen LogP contribution in [0.1, 0.15) is 16.8 Å². The second-order valence-corrected chi connectivity index (χ2v) is 5.60. The van der Waals surface area contributed by atoms with Crippen LogP contribution < -0.4 is 15.5 Å². The maximum Gasteiger partial charge on any atom is 0.255 e. The number of aromatic nitrogens is 1. The van der Waals surface area contributed by atoms with Crippen molar-refractivity contribution in [3.63, 3.8) is 0 Å². The average molecular weight is 328 g/mol. The Morgan fingerprint density at radius 2 is 1.96 bits per heavy atom. The molecule has 24 heavy (non-hydrogen) atoms. The molecule has 1 amide bonds. The van der Waals surface area contributed by atoms with Gasteiger partial charge >= 0.3 is 0 Å². The van der Waals surface area contributed by atoms with Gasteiger partial charge in [0.25, 0.3) is 5.91 Å². The smallest absolute Gasteiger partial charge is 0.255 e. The van der Waals surface area contributed by atoms with Gasteiger partial charge in [-0.15, -0.1) is 0 Å². The van der Waals surface area contributed by atoms with E-state index in [1.165, 1.54) is 0 Å². The predicted octanol–water partition coefficient (Wildman–Crippen LogP) is 2.85. The number of carbonyl (C=O) groups excluding carboxylic acids is 1. The Kier molecular flexibility index (Phi) is 6.57. The molecule has 0 spiro atoms. The molecule has 128 valence electrons. The Hall–Kier alpha value is -2.60. The fourth-order valence-electron chi connectivity index (χ4n) is 2.15. The third-order valence-corrected chi connectivity index (χ3v) is 3.50. The minimum atomic E-state index is -0.157. The molecule has 0 aliphatic rings. The molecule has 1 aromatic heterocycles. The molecular weight excluding hydrogens is 304 g/mol. The molecule has 2 aromatic rings. The highest BCUT2D eigenvalue weighted by Gasteiger charge is 2.07. The number of methoxy groups -OCH3 is 1. The van der Waals surface area contributed by atoms with E-state index in [0.717, 1.165) is 24.3 Å². The Morgan fingerprint density at radius 1 is 1.21 bits per heavy atom. The number of pyridine rings is 1. The van der Waals surface area contributed by atoms with E-state index in [1.54, 1.807) is 25.4 Å². The quantitative estimate of drug-likeness (QED) is 0.730. The maximum absolute atomic E-state index is 12.4. The van der Waals surface area contributed by atoms with Crippen LogP contribution in [0.25, 0.3) is 0 Å². The van der Waals surface area contributed by atoms with Gasteiger partial charge < -0.3 is 20.3 Å². The Labute approximate surface area is 142 Å². The highest BCUT2D eigenvalue weighted by atomic mass is 16.5. The van der Waals surface area contributed by atoms with Gasteiger partial charge in [0.1, 0.15) is 5.82 Å². The number of anilines is 3. The molecule has 6 heteroatoms. The molecule has 0 radical (unpaired) electrons. The lowest BCUT2D eigenvalue weighted by molar-refractivity contribution is 0.102. The normalized spacial score (nSPS) is 10.3. The number of carbonyl (C=O) groups is 1. The van der Waals surface area contributed by atoms with Gasteiger partial charge in [0.15, 0.2) is 0 Å². The SMILES string of the molecule is COCCCNc1cc(C(=O)Nc2ccc(N(C)C)cc2)ccn1. The van der Waals surface area contributed by atoms with Crippen LogP contribution in [-0.2, 0) is 4.74 Å². The van der Waals surface area contributed by atoms with Crippen molar-refractivity contribution in [2.24, 2.45) is 0 Å². The summed E-state index contributed by atoms with van der Waals surface area (Å²) < 4.78 is 5.00. The van der Waals surface area contributed by atoms with Gasteiger partial charge in [0, 0.05) is 57.5 Å². The van der Waals surface area contributed by atoms with Crippen LogP contribution in [0.4, 0.5) is 17.2 Å². The van der Waals surface area contributed by atoms with Crippen LogP contribution in [-0.4, -0.2) is 45.2 Å². The van der Waals surface area contributed by atoms with E-state index in [2.05, 4.69) is 15.6 Å². The number of hydrogen-bond acceptors (Lipinski definition) is 5. The highest BCUT2D eigenvalue weighted by Crippen LogP contribution is 2.17. The van der Waals surface area contributed by atoms with Crippen molar-refractivity contribution in [3.8, 4) is 0 Å². The van der Waals surface area contributed by atoms with E-state index in [0.29, 0.717) is 18.0 Å². The van der Waals surface area contributed by atoms with Gasteiger partial charge in [-0.3, -0.25) is 4.79 Å². The molecule has 0 unspecified atom stereocenters. The number of nitrogens with one attached hydrogen (secondary N) is 2. The molecule has 1 aromatic carbocycles. The Morgan fingerprint density at radius 3 is 2.62 bits per heavy atom. The molecule has 0 fully saturated rings. The largest absolute Gasteiger partial charge is 0.385 e. The summed E-state index contributed by atoms with van der Waals surface area (Å²) in [5.74, 6) is 0.525. The van der Waals surface area contributed by atoms with Gasteiger partial charge in [-0.25, -0.2) is 4.98 Å². The summed E-state index contributed by atoms with van der Waals surface area (Å²) in [6.07, 6.45) is 2.51. The van der Waals surface area contributed by atoms with Gasteiger partial charge in [-0.2, -0.15) is 0 Å². The molecule has 0 saturated heterocycles. The van der Waals surface area contributed by atoms with Crippen molar-refractivity contribution in [1.82, 2.24) is 4.98 Å². The second-order valence-electron chi connectivity index (χ2n) is 5.60. The lowest BCUT2D eigenvalue weighted by atomic mass is 10.2. The zero-order chi connectivity index (χ0) is 17.4. The number of ether oxygens (including phenoxy) is 1. The fraction of sp³-hybridized carbons (Fsp3) is 0.333. The predicted molar refractivity (Wildman–Crippen MR) is 97.9 cm³/mol. The molecule has 6 nitrogen and oxygen atoms in total. The summed E-state index contributed by atoms with van der Waals surface area (Å²) >= 11 is 0. The minimum absolute atomic E-state index is 0.157. The van der Waals surface area contributed by atoms with E-state index < -0.39 is 0 Å². The molecule has 2 N–H and O–H groups in total. The van der Waals surface area contributed by atoms with Gasteiger partial charge in [-0.1, -0.05) is 0 Å². The van der Waals surface area contributed by atoms with E-state index in [4.69, 9.17) is 4.74 Å². The molecule has 0 bridgehead atoms. The number of benzene rings is 1. The maximum atomic E-state index is 12.4. The fourth-order valence-corrected chi connectivity index (χ4v) is 2.15. The van der Waals surface area contributed by atoms with Crippen molar-refractivity contribution in [3.05, 3.63) is 48.2 Å². The lowest BCUT2D eigenvalue weighted by Gasteiger charge is -2.13. The standard InChI is InChI=1S/C18H24N4O2/c1-22(2)16-7-5-15(6-8-16)21-18(23)14-9-11-20-17(13-14)19-10-4-12-24-3/h5-9,11,13H,4,10,12H2,1-3H3,(H,19,20)(H,21,23). The van der Waals surface area contributed by atoms with E-state index in [-0.39, 0.29) is 5.91 Å². The van der Waals surface area contributed by atoms with Gasteiger partial charge in [0.05, 0.1) is 0 Å². The third-order valence-electron chi connectivity index (χ3n) is 3.50. The lowest BCUT2D eigenvalue weighted by Crippen LogP contribution is -2.13. The first-order valence-electron chi connectivity index (χ1n) is 7.88. The molecule has 0 atom stereocenters. The van der Waals surface area contributed by atoms with Gasteiger partial charge in [-0.05, 0) is 42.8 Å². The number of nitrogens with zero attached hydrogens (tertiary/aromatic N) is 2. The van der Waals surface area contributed by atoms with E-state index in [9.17, 15) is 4.79 Å². The highest BCUT2D eigenvalue weighted by molar-refractivity contribution is 6.04. The minimum Gasteiger partial charge on any atom is -0.385 e. The summed E-state index contributed by atoms with van der Waals surface area (Å²) in [5.41, 5.74) is 2.41. The van der Waals surface area contributed by atoms with Gasteiger partial charge in [0.2, 0.25) is 0 Å². The summed E-state index contributed by atoms with van der Waals surface area (Å²) in [7, 11) is 5.63. The van der Waals surface area contributed by atoms with Crippen LogP contribution >= 0.6 is 0 Å². The number of amides is 1. The zero-order valence-corrected chi connectivity index (χ0v) is 14.4. The summed E-state index contributed by atoms with van der Waals surface area (Å²) in [4.78, 5) is 18.6. The van der Waals surface area contributed by atoms with Crippen molar-refractivity contribution < 1.29 is 9.53 Å². The van der Waals surface area contributed by atoms with Crippen LogP contribution in [0.15, 0.2) is 42.6 Å². The molecular formula is C18H24N4O2. The number of rotatable bonds is 8. The first-order valence-corrected chi connectivity index (χ1v) is 7.88. The monoisotopic (exact) mass is 328 g/mol. The Balaban J connectivity index is 1.96. The van der Waals surface area contributed by atoms with E-state index in [1.807, 2.05) is 43.3 Å². The number of hydrogen-bond donors (Lipinski definition) is 2. The third kappa shape index (κ3) is 5.24. The molecule has 1 heterocycles. The van der Waals surface area contributed by atoms with Crippen LogP contribution in [0.5, 0.6) is 0 Å². The van der Waals surface area contributed by atoms with Crippen LogP contribution in [0.2, 0.25) is 0 Å². The van der Waals surface area contributed by atoms with Crippen molar-refractivity contribution in [2.45, 2.75) is 6.42 Å². The summed E-state index contributed by atoms with van der Waals surface area (Å²) in [5, 5.41) is 6.08. The summed E-state index contributed by atoms with van der Waals surface area (Å²) in [6, 6.07) is 11.1. The van der Waals surface area contributed by atoms with Crippen LogP contribution in [0, 0.1) is 0 Å². The van der Waals surface area contributed by atoms with E-state index >= 15 is 0 Å². The molecule has 2 rings (SSSR count). The van der Waals surface area contributed by atoms with Crippen molar-refractivity contribution in [2.75, 3.05) is 49.9 Å². The zero-order valence-electron chi connectivity index (χ0n) is 14.4. The van der Waals surface area contributed by atoms with Crippen molar-refractivity contribution >= 4 is 23.1 Å². The van der Waals surface area contributed by atoms with Crippen molar-refractivity contribution in [1.29, 1.82) is 0 Å². The molecule has 0 aliphatic carbocycles. The van der Waals surface area contributed by atoms with Crippen LogP contribution in [0.3, 0.4) is 0 Å². The average Bonchev–Trinajstić information content (AvgIpc) is 2.59. The molecule has 0 saturated carbocycles. The summed E-state index contributed by atoms with van der Waals surface area (Å²) in [6.45, 7) is 1.44. The second kappa shape index (κ2) is 8.88. The Bertz CT molecular complexity index is 656. The first-order chi connectivity index (χ1) is 11.6. The first kappa shape index (κ1) is 17.7. The topological polar surface area (TPSA) is 66.5 Å².